The van der Waals surface area contributed by atoms with Crippen LogP contribution in [0.5, 0.6) is 11.5 Å². The number of rotatable bonds is 5. The maximum atomic E-state index is 11.4. The van der Waals surface area contributed by atoms with Gasteiger partial charge in [-0.3, -0.25) is 0 Å². The van der Waals surface area contributed by atoms with E-state index < -0.39 is 18.3 Å². The van der Waals surface area contributed by atoms with E-state index in [0.717, 1.165) is 5.56 Å². The van der Waals surface area contributed by atoms with Gasteiger partial charge in [-0.1, -0.05) is 41.9 Å². The number of carbonyl (C=O) groups is 1. The molecule has 0 spiro atoms. The van der Waals surface area contributed by atoms with Crippen molar-refractivity contribution in [3.63, 3.8) is 0 Å². The van der Waals surface area contributed by atoms with Crippen molar-refractivity contribution in [1.82, 2.24) is 4.90 Å². The molecule has 2 aromatic carbocycles. The zero-order chi connectivity index (χ0) is 18.5. The Balaban J connectivity index is 1.91. The molecule has 6 nitrogen and oxygen atoms in total. The number of halogens is 1. The van der Waals surface area contributed by atoms with Gasteiger partial charge in [-0.05, 0) is 17.7 Å². The molecule has 26 heavy (non-hydrogen) atoms. The number of ether oxygens (including phenoxy) is 3. The van der Waals surface area contributed by atoms with Crippen molar-refractivity contribution in [1.29, 1.82) is 0 Å². The van der Waals surface area contributed by atoms with E-state index in [1.54, 1.807) is 25.3 Å². The number of carboxylic acid groups (broad SMARTS) is 1. The highest BCUT2D eigenvalue weighted by Gasteiger charge is 2.33. The summed E-state index contributed by atoms with van der Waals surface area (Å²) >= 11 is 6.02. The second kappa shape index (κ2) is 8.29. The van der Waals surface area contributed by atoms with Crippen LogP contribution >= 0.6 is 11.6 Å². The monoisotopic (exact) mass is 377 g/mol. The van der Waals surface area contributed by atoms with Gasteiger partial charge in [-0.25, -0.2) is 4.79 Å². The molecule has 1 saturated heterocycles. The summed E-state index contributed by atoms with van der Waals surface area (Å²) in [6.07, 6.45) is -1.90. The van der Waals surface area contributed by atoms with Gasteiger partial charge in [0.15, 0.2) is 17.6 Å². The second-order valence-electron chi connectivity index (χ2n) is 5.88. The first-order chi connectivity index (χ1) is 12.6. The Morgan fingerprint density at radius 3 is 2.73 bits per heavy atom. The van der Waals surface area contributed by atoms with Crippen LogP contribution in [-0.4, -0.2) is 49.0 Å². The SMILES string of the molecule is COc1cc(Cl)ccc1OC(c1ccccc1)[C@@H]1CN(C(=O)O)CCO1. The summed E-state index contributed by atoms with van der Waals surface area (Å²) in [6.45, 7) is 0.893. The normalized spacial score (nSPS) is 18.2. The Labute approximate surface area is 156 Å². The quantitative estimate of drug-likeness (QED) is 0.857. The second-order valence-corrected chi connectivity index (χ2v) is 6.32. The summed E-state index contributed by atoms with van der Waals surface area (Å²) in [7, 11) is 1.54. The lowest BCUT2D eigenvalue weighted by Gasteiger charge is -2.36. The van der Waals surface area contributed by atoms with E-state index in [1.165, 1.54) is 4.90 Å². The lowest BCUT2D eigenvalue weighted by Crippen LogP contribution is -2.48. The number of amides is 1. The minimum atomic E-state index is -0.964. The molecule has 1 N–H and O–H groups in total. The molecule has 1 amide bonds. The third kappa shape index (κ3) is 4.20. The van der Waals surface area contributed by atoms with Crippen molar-refractivity contribution < 1.29 is 24.1 Å². The topological polar surface area (TPSA) is 68.2 Å². The van der Waals surface area contributed by atoms with E-state index in [9.17, 15) is 9.90 Å². The lowest BCUT2D eigenvalue weighted by molar-refractivity contribution is -0.0757. The maximum absolute atomic E-state index is 11.4. The fourth-order valence-corrected chi connectivity index (χ4v) is 3.07. The highest BCUT2D eigenvalue weighted by Crippen LogP contribution is 2.35. The van der Waals surface area contributed by atoms with E-state index in [2.05, 4.69) is 0 Å². The molecule has 1 fully saturated rings. The van der Waals surface area contributed by atoms with Gasteiger partial charge in [0, 0.05) is 17.6 Å². The number of benzene rings is 2. The summed E-state index contributed by atoms with van der Waals surface area (Å²) in [5.74, 6) is 1.02. The largest absolute Gasteiger partial charge is 0.493 e. The van der Waals surface area contributed by atoms with Gasteiger partial charge in [0.2, 0.25) is 0 Å². The lowest BCUT2D eigenvalue weighted by atomic mass is 10.0. The Hall–Kier alpha value is -2.44. The number of methoxy groups -OCH3 is 1. The molecule has 1 aliphatic heterocycles. The number of morpholine rings is 1. The average molecular weight is 378 g/mol. The molecule has 138 valence electrons. The molecule has 1 aliphatic rings. The smallest absolute Gasteiger partial charge is 0.407 e. The molecule has 7 heteroatoms. The molecule has 0 saturated carbocycles. The molecule has 0 aliphatic carbocycles. The highest BCUT2D eigenvalue weighted by molar-refractivity contribution is 6.30. The first kappa shape index (κ1) is 18.4. The van der Waals surface area contributed by atoms with E-state index >= 15 is 0 Å². The molecule has 0 radical (unpaired) electrons. The average Bonchev–Trinajstić information content (AvgIpc) is 2.67. The Kier molecular flexibility index (Phi) is 5.85. The van der Waals surface area contributed by atoms with Crippen molar-refractivity contribution in [3.8, 4) is 11.5 Å². The zero-order valence-electron chi connectivity index (χ0n) is 14.3. The van der Waals surface area contributed by atoms with Crippen molar-refractivity contribution in [2.45, 2.75) is 12.2 Å². The summed E-state index contributed by atoms with van der Waals surface area (Å²) < 4.78 is 17.4. The van der Waals surface area contributed by atoms with Crippen LogP contribution in [0.4, 0.5) is 4.79 Å². The van der Waals surface area contributed by atoms with Crippen LogP contribution < -0.4 is 9.47 Å². The Morgan fingerprint density at radius 2 is 2.04 bits per heavy atom. The number of hydrogen-bond acceptors (Lipinski definition) is 4. The zero-order valence-corrected chi connectivity index (χ0v) is 15.1. The van der Waals surface area contributed by atoms with Gasteiger partial charge in [-0.2, -0.15) is 0 Å². The third-order valence-electron chi connectivity index (χ3n) is 4.21. The fraction of sp³-hybridized carbons (Fsp3) is 0.316. The summed E-state index contributed by atoms with van der Waals surface area (Å²) in [6, 6.07) is 14.7. The van der Waals surface area contributed by atoms with Crippen molar-refractivity contribution >= 4 is 17.7 Å². The molecule has 2 atom stereocenters. The molecular formula is C19H20ClNO5. The molecule has 0 aromatic heterocycles. The van der Waals surface area contributed by atoms with Crippen LogP contribution in [-0.2, 0) is 4.74 Å². The van der Waals surface area contributed by atoms with Gasteiger partial charge in [0.1, 0.15) is 6.10 Å². The maximum Gasteiger partial charge on any atom is 0.407 e. The minimum Gasteiger partial charge on any atom is -0.493 e. The van der Waals surface area contributed by atoms with Gasteiger partial charge in [-0.15, -0.1) is 0 Å². The van der Waals surface area contributed by atoms with Crippen LogP contribution in [0.15, 0.2) is 48.5 Å². The van der Waals surface area contributed by atoms with Crippen LogP contribution in [0.25, 0.3) is 0 Å². The predicted molar refractivity (Wildman–Crippen MR) is 97.2 cm³/mol. The number of hydrogen-bond donors (Lipinski definition) is 1. The van der Waals surface area contributed by atoms with Crippen molar-refractivity contribution in [2.75, 3.05) is 26.8 Å². The van der Waals surface area contributed by atoms with Crippen LogP contribution in [0.3, 0.4) is 0 Å². The molecule has 2 aromatic rings. The van der Waals surface area contributed by atoms with Gasteiger partial charge in [0.25, 0.3) is 0 Å². The van der Waals surface area contributed by atoms with E-state index in [1.807, 2.05) is 30.3 Å². The van der Waals surface area contributed by atoms with Crippen LogP contribution in [0, 0.1) is 0 Å². The van der Waals surface area contributed by atoms with E-state index in [4.69, 9.17) is 25.8 Å². The number of nitrogens with zero attached hydrogens (tertiary/aromatic N) is 1. The van der Waals surface area contributed by atoms with Crippen molar-refractivity contribution in [3.05, 3.63) is 59.1 Å². The molecular weight excluding hydrogens is 358 g/mol. The summed E-state index contributed by atoms with van der Waals surface area (Å²) in [5, 5.41) is 9.84. The molecule has 1 unspecified atom stereocenters. The highest BCUT2D eigenvalue weighted by atomic mass is 35.5. The van der Waals surface area contributed by atoms with Crippen LogP contribution in [0.2, 0.25) is 5.02 Å². The first-order valence-corrected chi connectivity index (χ1v) is 8.61. The molecule has 3 rings (SSSR count). The Bertz CT molecular complexity index is 755. The van der Waals surface area contributed by atoms with Crippen LogP contribution in [0.1, 0.15) is 11.7 Å². The first-order valence-electron chi connectivity index (χ1n) is 8.23. The fourth-order valence-electron chi connectivity index (χ4n) is 2.91. The Morgan fingerprint density at radius 1 is 1.27 bits per heavy atom. The third-order valence-corrected chi connectivity index (χ3v) is 4.44. The van der Waals surface area contributed by atoms with Gasteiger partial charge in [0.05, 0.1) is 20.3 Å². The summed E-state index contributed by atoms with van der Waals surface area (Å²) in [4.78, 5) is 12.7. The van der Waals surface area contributed by atoms with Gasteiger partial charge >= 0.3 is 6.09 Å². The minimum absolute atomic E-state index is 0.227. The van der Waals surface area contributed by atoms with Gasteiger partial charge < -0.3 is 24.2 Å². The van der Waals surface area contributed by atoms with Crippen molar-refractivity contribution in [2.24, 2.45) is 0 Å². The summed E-state index contributed by atoms with van der Waals surface area (Å²) in [5.41, 5.74) is 0.891. The molecule has 1 heterocycles. The standard InChI is InChI=1S/C19H20ClNO5/c1-24-16-11-14(20)7-8-15(16)26-18(13-5-3-2-4-6-13)17-12-21(19(22)23)9-10-25-17/h2-8,11,17-18H,9-10,12H2,1H3,(H,22,23)/t17-,18?/m0/s1. The van der Waals surface area contributed by atoms with E-state index in [0.29, 0.717) is 29.7 Å². The predicted octanol–water partition coefficient (Wildman–Crippen LogP) is 3.85. The molecule has 0 bridgehead atoms. The van der Waals surface area contributed by atoms with E-state index in [-0.39, 0.29) is 6.54 Å².